The normalized spacial score (nSPS) is 11.8. The Morgan fingerprint density at radius 2 is 1.72 bits per heavy atom. The Labute approximate surface area is 144 Å². The van der Waals surface area contributed by atoms with E-state index in [4.69, 9.17) is 9.47 Å². The van der Waals surface area contributed by atoms with Crippen LogP contribution in [0.15, 0.2) is 24.3 Å². The molecule has 0 saturated heterocycles. The minimum Gasteiger partial charge on any atom is -0.464 e. The number of rotatable bonds is 5. The Bertz CT molecular complexity index is 609. The number of carbonyl (C=O) groups is 2. The first-order chi connectivity index (χ1) is 11.4. The summed E-state index contributed by atoms with van der Waals surface area (Å²) in [6.45, 7) is 5.63. The van der Waals surface area contributed by atoms with E-state index < -0.39 is 29.4 Å². The molecule has 1 aromatic carbocycles. The molecule has 0 radical (unpaired) electrons. The molecule has 1 amide bonds. The van der Waals surface area contributed by atoms with E-state index in [1.54, 1.807) is 20.8 Å². The van der Waals surface area contributed by atoms with Crippen LogP contribution in [0.1, 0.15) is 38.8 Å². The van der Waals surface area contributed by atoms with Crippen LogP contribution in [0.2, 0.25) is 0 Å². The van der Waals surface area contributed by atoms with Gasteiger partial charge in [0.15, 0.2) is 0 Å². The topological polar surface area (TPSA) is 55.8 Å². The molecule has 0 atom stereocenters. The van der Waals surface area contributed by atoms with E-state index in [1.807, 2.05) is 0 Å². The standard InChI is InChI=1S/C17H22F3NO4/c1-12(22)24-10-9-21(15(23)25-16(2,3)4)11-13-7-5-6-8-14(13)17(18,19)20/h5-8H,9-11H2,1-4H3. The van der Waals surface area contributed by atoms with Crippen molar-refractivity contribution in [2.45, 2.75) is 46.0 Å². The highest BCUT2D eigenvalue weighted by atomic mass is 19.4. The molecule has 25 heavy (non-hydrogen) atoms. The molecule has 0 heterocycles. The molecule has 0 aliphatic heterocycles. The first-order valence-corrected chi connectivity index (χ1v) is 7.66. The summed E-state index contributed by atoms with van der Waals surface area (Å²) < 4.78 is 49.4. The van der Waals surface area contributed by atoms with E-state index in [9.17, 15) is 22.8 Å². The SMILES string of the molecule is CC(=O)OCCN(Cc1ccccc1C(F)(F)F)C(=O)OC(C)(C)C. The zero-order valence-corrected chi connectivity index (χ0v) is 14.6. The predicted octanol–water partition coefficient (Wildman–Crippen LogP) is 4.01. The molecule has 140 valence electrons. The van der Waals surface area contributed by atoms with Gasteiger partial charge in [-0.05, 0) is 32.4 Å². The molecule has 0 spiro atoms. The molecule has 0 N–H and O–H groups in total. The van der Waals surface area contributed by atoms with Gasteiger partial charge < -0.3 is 14.4 Å². The largest absolute Gasteiger partial charge is 0.464 e. The summed E-state index contributed by atoms with van der Waals surface area (Å²) in [5, 5.41) is 0. The van der Waals surface area contributed by atoms with Gasteiger partial charge in [0.05, 0.1) is 12.1 Å². The fourth-order valence-electron chi connectivity index (χ4n) is 2.00. The molecule has 5 nitrogen and oxygen atoms in total. The predicted molar refractivity (Wildman–Crippen MR) is 84.7 cm³/mol. The van der Waals surface area contributed by atoms with Crippen LogP contribution in [0.25, 0.3) is 0 Å². The van der Waals surface area contributed by atoms with Gasteiger partial charge in [0.25, 0.3) is 0 Å². The molecule has 0 bridgehead atoms. The Hall–Kier alpha value is -2.25. The van der Waals surface area contributed by atoms with Crippen molar-refractivity contribution >= 4 is 12.1 Å². The fraction of sp³-hybridized carbons (Fsp3) is 0.529. The van der Waals surface area contributed by atoms with E-state index in [0.717, 1.165) is 11.0 Å². The maximum atomic E-state index is 13.1. The second-order valence-electron chi connectivity index (χ2n) is 6.40. The van der Waals surface area contributed by atoms with Crippen LogP contribution in [-0.4, -0.2) is 35.7 Å². The molecule has 0 aliphatic rings. The molecule has 1 rings (SSSR count). The first kappa shape index (κ1) is 20.8. The second-order valence-corrected chi connectivity index (χ2v) is 6.40. The molecular weight excluding hydrogens is 339 g/mol. The average Bonchev–Trinajstić information content (AvgIpc) is 2.43. The number of nitrogens with zero attached hydrogens (tertiary/aromatic N) is 1. The van der Waals surface area contributed by atoms with E-state index in [-0.39, 0.29) is 25.3 Å². The molecule has 0 aliphatic carbocycles. The minimum absolute atomic E-state index is 0.0660. The van der Waals surface area contributed by atoms with Crippen LogP contribution in [0.3, 0.4) is 0 Å². The van der Waals surface area contributed by atoms with Crippen LogP contribution in [0, 0.1) is 0 Å². The lowest BCUT2D eigenvalue weighted by Crippen LogP contribution is -2.38. The van der Waals surface area contributed by atoms with Gasteiger partial charge in [0.2, 0.25) is 0 Å². The van der Waals surface area contributed by atoms with Crippen molar-refractivity contribution in [3.05, 3.63) is 35.4 Å². The highest BCUT2D eigenvalue weighted by Gasteiger charge is 2.34. The second kappa shape index (κ2) is 8.22. The summed E-state index contributed by atoms with van der Waals surface area (Å²) in [6.07, 6.45) is -5.32. The van der Waals surface area contributed by atoms with Crippen molar-refractivity contribution in [3.8, 4) is 0 Å². The number of carbonyl (C=O) groups excluding carboxylic acids is 2. The quantitative estimate of drug-likeness (QED) is 0.744. The van der Waals surface area contributed by atoms with Crippen LogP contribution in [0.5, 0.6) is 0 Å². The molecule has 0 aromatic heterocycles. The van der Waals surface area contributed by atoms with Crippen LogP contribution >= 0.6 is 0 Å². The van der Waals surface area contributed by atoms with Crippen LogP contribution in [0.4, 0.5) is 18.0 Å². The number of alkyl halides is 3. The summed E-state index contributed by atoms with van der Waals surface area (Å²) in [5.41, 5.74) is -1.69. The van der Waals surface area contributed by atoms with E-state index in [0.29, 0.717) is 0 Å². The number of amides is 1. The van der Waals surface area contributed by atoms with Gasteiger partial charge in [-0.15, -0.1) is 0 Å². The number of hydrogen-bond donors (Lipinski definition) is 0. The smallest absolute Gasteiger partial charge is 0.416 e. The van der Waals surface area contributed by atoms with Crippen molar-refractivity contribution in [1.29, 1.82) is 0 Å². The van der Waals surface area contributed by atoms with Gasteiger partial charge >= 0.3 is 18.2 Å². The lowest BCUT2D eigenvalue weighted by Gasteiger charge is -2.28. The maximum Gasteiger partial charge on any atom is 0.416 e. The third kappa shape index (κ3) is 7.45. The molecule has 0 fully saturated rings. The molecule has 8 heteroatoms. The van der Waals surface area contributed by atoms with Gasteiger partial charge in [-0.25, -0.2) is 4.79 Å². The molecule has 0 saturated carbocycles. The summed E-state index contributed by atoms with van der Waals surface area (Å²) in [4.78, 5) is 24.2. The minimum atomic E-state index is -4.54. The number of halogens is 3. The van der Waals surface area contributed by atoms with Crippen molar-refractivity contribution < 1.29 is 32.2 Å². The summed E-state index contributed by atoms with van der Waals surface area (Å²) in [6, 6.07) is 4.99. The highest BCUT2D eigenvalue weighted by molar-refractivity contribution is 5.68. The van der Waals surface area contributed by atoms with Crippen molar-refractivity contribution in [3.63, 3.8) is 0 Å². The zero-order valence-electron chi connectivity index (χ0n) is 14.6. The molecule has 1 aromatic rings. The number of ether oxygens (including phenoxy) is 2. The molecule has 0 unspecified atom stereocenters. The van der Waals surface area contributed by atoms with E-state index in [2.05, 4.69) is 0 Å². The van der Waals surface area contributed by atoms with Gasteiger partial charge in [-0.1, -0.05) is 18.2 Å². The maximum absolute atomic E-state index is 13.1. The van der Waals surface area contributed by atoms with Crippen molar-refractivity contribution in [2.75, 3.05) is 13.2 Å². The summed E-state index contributed by atoms with van der Waals surface area (Å²) in [7, 11) is 0. The van der Waals surface area contributed by atoms with Gasteiger partial charge in [-0.3, -0.25) is 4.79 Å². The van der Waals surface area contributed by atoms with Gasteiger partial charge in [-0.2, -0.15) is 13.2 Å². The Kier molecular flexibility index (Phi) is 6.84. The fourth-order valence-corrected chi connectivity index (χ4v) is 2.00. The molecular formula is C17H22F3NO4. The van der Waals surface area contributed by atoms with Crippen LogP contribution in [-0.2, 0) is 27.0 Å². The van der Waals surface area contributed by atoms with E-state index >= 15 is 0 Å². The summed E-state index contributed by atoms with van der Waals surface area (Å²) in [5.74, 6) is -0.542. The average molecular weight is 361 g/mol. The lowest BCUT2D eigenvalue weighted by atomic mass is 10.1. The monoisotopic (exact) mass is 361 g/mol. The highest BCUT2D eigenvalue weighted by Crippen LogP contribution is 2.32. The first-order valence-electron chi connectivity index (χ1n) is 7.66. The number of benzene rings is 1. The third-order valence-corrected chi connectivity index (χ3v) is 3.00. The van der Waals surface area contributed by atoms with E-state index in [1.165, 1.54) is 25.1 Å². The Morgan fingerprint density at radius 1 is 1.12 bits per heavy atom. The van der Waals surface area contributed by atoms with Gasteiger partial charge in [0, 0.05) is 13.5 Å². The zero-order chi connectivity index (χ0) is 19.3. The van der Waals surface area contributed by atoms with Crippen molar-refractivity contribution in [1.82, 2.24) is 4.90 Å². The van der Waals surface area contributed by atoms with Crippen molar-refractivity contribution in [2.24, 2.45) is 0 Å². The third-order valence-electron chi connectivity index (χ3n) is 3.00. The number of esters is 1. The lowest BCUT2D eigenvalue weighted by molar-refractivity contribution is -0.141. The Balaban J connectivity index is 3.00. The summed E-state index contributed by atoms with van der Waals surface area (Å²) >= 11 is 0. The number of hydrogen-bond acceptors (Lipinski definition) is 4. The van der Waals surface area contributed by atoms with Crippen LogP contribution < -0.4 is 0 Å². The van der Waals surface area contributed by atoms with Gasteiger partial charge in [0.1, 0.15) is 12.2 Å². The Morgan fingerprint density at radius 3 is 2.24 bits per heavy atom.